The number of halogens is 3. The van der Waals surface area contributed by atoms with Crippen LogP contribution in [0.3, 0.4) is 0 Å². The Kier molecular flexibility index (Phi) is 8.21. The van der Waals surface area contributed by atoms with Crippen molar-refractivity contribution in [2.24, 2.45) is 0 Å². The number of carbonyl (C=O) groups is 3. The minimum atomic E-state index is -1.10. The number of nitrogens with one attached hydrogen (secondary N) is 1. The fourth-order valence-corrected chi connectivity index (χ4v) is 4.51. The maximum atomic E-state index is 14.3. The average molecular weight is 527 g/mol. The van der Waals surface area contributed by atoms with Crippen LogP contribution in [0.4, 0.5) is 13.2 Å². The largest absolute Gasteiger partial charge is 0.391 e. The molecule has 3 aromatic rings. The highest BCUT2D eigenvalue weighted by molar-refractivity contribution is 6.40. The van der Waals surface area contributed by atoms with E-state index in [0.29, 0.717) is 19.3 Å². The first-order valence-corrected chi connectivity index (χ1v) is 12.1. The lowest BCUT2D eigenvalue weighted by atomic mass is 10.0. The smallest absolute Gasteiger partial charge is 0.288 e. The van der Waals surface area contributed by atoms with Crippen LogP contribution >= 0.6 is 0 Å². The third-order valence-corrected chi connectivity index (χ3v) is 6.55. The molecule has 1 aromatic heterocycles. The van der Waals surface area contributed by atoms with Crippen LogP contribution in [0.5, 0.6) is 0 Å². The lowest BCUT2D eigenvalue weighted by molar-refractivity contribution is -0.138. The van der Waals surface area contributed by atoms with Crippen LogP contribution in [0, 0.1) is 17.5 Å². The summed E-state index contributed by atoms with van der Waals surface area (Å²) in [6.07, 6.45) is 0.872. The third-order valence-electron chi connectivity index (χ3n) is 6.55. The molecule has 0 unspecified atom stereocenters. The molecule has 1 saturated carbocycles. The van der Waals surface area contributed by atoms with Crippen LogP contribution in [0.25, 0.3) is 0 Å². The molecule has 0 radical (unpaired) electrons. The number of aliphatic hydroxyl groups excluding tert-OH is 1. The molecule has 2 aromatic carbocycles. The topological polar surface area (TPSA) is 105 Å². The van der Waals surface area contributed by atoms with E-state index >= 15 is 0 Å². The number of hydrogen-bond donors (Lipinski definition) is 2. The van der Waals surface area contributed by atoms with E-state index in [4.69, 9.17) is 0 Å². The van der Waals surface area contributed by atoms with Gasteiger partial charge in [-0.3, -0.25) is 19.2 Å². The Morgan fingerprint density at radius 3 is 2.32 bits per heavy atom. The fourth-order valence-electron chi connectivity index (χ4n) is 4.51. The maximum absolute atomic E-state index is 14.3. The summed E-state index contributed by atoms with van der Waals surface area (Å²) in [6.45, 7) is -0.284. The molecule has 0 saturated heterocycles. The second-order valence-electron chi connectivity index (χ2n) is 9.26. The summed E-state index contributed by atoms with van der Waals surface area (Å²) < 4.78 is 43.9. The van der Waals surface area contributed by atoms with Crippen molar-refractivity contribution in [2.45, 2.75) is 50.8 Å². The van der Waals surface area contributed by atoms with Gasteiger partial charge in [0.15, 0.2) is 5.78 Å². The average Bonchev–Trinajstić information content (AvgIpc) is 3.28. The number of pyridine rings is 1. The predicted molar refractivity (Wildman–Crippen MR) is 131 cm³/mol. The third kappa shape index (κ3) is 6.08. The normalized spacial score (nSPS) is 16.8. The minimum absolute atomic E-state index is 0.132. The summed E-state index contributed by atoms with van der Waals surface area (Å²) in [6, 6.07) is 9.53. The van der Waals surface area contributed by atoms with Crippen molar-refractivity contribution in [1.82, 2.24) is 9.88 Å². The second-order valence-corrected chi connectivity index (χ2v) is 9.26. The molecule has 198 valence electrons. The number of rotatable bonds is 9. The molecule has 1 aliphatic carbocycles. The number of benzene rings is 2. The van der Waals surface area contributed by atoms with Crippen molar-refractivity contribution >= 4 is 17.5 Å². The van der Waals surface area contributed by atoms with E-state index in [-0.39, 0.29) is 29.7 Å². The van der Waals surface area contributed by atoms with Crippen LogP contribution in [-0.2, 0) is 22.6 Å². The summed E-state index contributed by atoms with van der Waals surface area (Å²) in [5.74, 6) is -5.38. The van der Waals surface area contributed by atoms with E-state index in [1.54, 1.807) is 6.07 Å². The van der Waals surface area contributed by atoms with Crippen LogP contribution < -0.4 is 10.9 Å². The lowest BCUT2D eigenvalue weighted by Gasteiger charge is -2.15. The van der Waals surface area contributed by atoms with Gasteiger partial charge in [0.05, 0.1) is 30.7 Å². The molecule has 1 amide bonds. The summed E-state index contributed by atoms with van der Waals surface area (Å²) in [5, 5.41) is 12.3. The lowest BCUT2D eigenvalue weighted by Crippen LogP contribution is -2.43. The molecule has 1 aliphatic rings. The molecular weight excluding hydrogens is 501 g/mol. The van der Waals surface area contributed by atoms with E-state index in [1.807, 2.05) is 0 Å². The van der Waals surface area contributed by atoms with Gasteiger partial charge >= 0.3 is 0 Å². The number of amides is 1. The van der Waals surface area contributed by atoms with Gasteiger partial charge < -0.3 is 15.0 Å². The predicted octanol–water partition coefficient (Wildman–Crippen LogP) is 3.08. The van der Waals surface area contributed by atoms with Crippen molar-refractivity contribution in [3.05, 3.63) is 105 Å². The number of Topliss-reactive ketones (excluding diaryl/α,β-unsaturated/α-hetero) is 2. The number of aliphatic hydroxyl groups is 1. The van der Waals surface area contributed by atoms with Crippen LogP contribution in [0.2, 0.25) is 0 Å². The highest BCUT2D eigenvalue weighted by atomic mass is 19.1. The van der Waals surface area contributed by atoms with E-state index in [9.17, 15) is 37.5 Å². The molecule has 0 aliphatic heterocycles. The van der Waals surface area contributed by atoms with E-state index < -0.39 is 64.6 Å². The Morgan fingerprint density at radius 1 is 0.974 bits per heavy atom. The zero-order chi connectivity index (χ0) is 27.4. The van der Waals surface area contributed by atoms with Gasteiger partial charge in [-0.25, -0.2) is 13.2 Å². The van der Waals surface area contributed by atoms with Gasteiger partial charge in [0.25, 0.3) is 11.5 Å². The zero-order valence-corrected chi connectivity index (χ0v) is 20.3. The standard InChI is InChI=1S/C28H25F3N2O5/c29-20-6-2-1-5-17(20)15-33-14-16(11-18-21(30)7-3-8-22(18)31)12-19(28(33)38)25(35)13-26(36)27(37)32-23-9-4-10-24(23)34/h1-3,5-8,12,14,23-24,34H,4,9-11,13,15H2,(H,32,37)/t23-,24-/m1/s1. The Labute approximate surface area is 215 Å². The van der Waals surface area contributed by atoms with Gasteiger partial charge in [-0.05, 0) is 49.1 Å². The highest BCUT2D eigenvalue weighted by Gasteiger charge is 2.30. The van der Waals surface area contributed by atoms with Crippen LogP contribution in [0.1, 0.15) is 52.7 Å². The quantitative estimate of drug-likeness (QED) is 0.253. The Balaban J connectivity index is 1.64. The second kappa shape index (κ2) is 11.6. The highest BCUT2D eigenvalue weighted by Crippen LogP contribution is 2.20. The van der Waals surface area contributed by atoms with Crippen LogP contribution in [-0.4, -0.2) is 39.3 Å². The van der Waals surface area contributed by atoms with Gasteiger partial charge in [-0.15, -0.1) is 0 Å². The first kappa shape index (κ1) is 27.0. The van der Waals surface area contributed by atoms with Crippen molar-refractivity contribution in [1.29, 1.82) is 0 Å². The van der Waals surface area contributed by atoms with Crippen molar-refractivity contribution in [3.8, 4) is 0 Å². The summed E-state index contributed by atoms with van der Waals surface area (Å²) in [4.78, 5) is 50.9. The maximum Gasteiger partial charge on any atom is 0.288 e. The molecule has 38 heavy (non-hydrogen) atoms. The summed E-state index contributed by atoms with van der Waals surface area (Å²) in [7, 11) is 0. The van der Waals surface area contributed by atoms with Gasteiger partial charge in [-0.1, -0.05) is 24.3 Å². The van der Waals surface area contributed by atoms with Gasteiger partial charge in [0.1, 0.15) is 17.5 Å². The molecular formula is C28H25F3N2O5. The number of nitrogens with zero attached hydrogens (tertiary/aromatic N) is 1. The molecule has 0 bridgehead atoms. The fraction of sp³-hybridized carbons (Fsp3) is 0.286. The van der Waals surface area contributed by atoms with Crippen molar-refractivity contribution in [3.63, 3.8) is 0 Å². The zero-order valence-electron chi connectivity index (χ0n) is 20.3. The molecule has 4 rings (SSSR count). The molecule has 2 N–H and O–H groups in total. The first-order chi connectivity index (χ1) is 18.1. The Bertz CT molecular complexity index is 1430. The summed E-state index contributed by atoms with van der Waals surface area (Å²) in [5.41, 5.74) is -1.33. The van der Waals surface area contributed by atoms with E-state index in [0.717, 1.165) is 22.8 Å². The Hall–Kier alpha value is -4.05. The Morgan fingerprint density at radius 2 is 1.66 bits per heavy atom. The number of ketones is 2. The molecule has 10 heteroatoms. The summed E-state index contributed by atoms with van der Waals surface area (Å²) >= 11 is 0. The van der Waals surface area contributed by atoms with E-state index in [1.165, 1.54) is 30.5 Å². The minimum Gasteiger partial charge on any atom is -0.391 e. The van der Waals surface area contributed by atoms with Gasteiger partial charge in [-0.2, -0.15) is 0 Å². The molecule has 2 atom stereocenters. The number of carbonyl (C=O) groups excluding carboxylic acids is 3. The van der Waals surface area contributed by atoms with Gasteiger partial charge in [0.2, 0.25) is 5.78 Å². The van der Waals surface area contributed by atoms with Crippen molar-refractivity contribution < 1.29 is 32.7 Å². The molecule has 7 nitrogen and oxygen atoms in total. The monoisotopic (exact) mass is 526 g/mol. The van der Waals surface area contributed by atoms with Crippen LogP contribution in [0.15, 0.2) is 59.5 Å². The molecule has 1 heterocycles. The SMILES string of the molecule is O=C(CC(=O)c1cc(Cc2c(F)cccc2F)cn(Cc2ccccc2F)c1=O)C(=O)N[C@@H]1CCC[C@H]1O. The van der Waals surface area contributed by atoms with E-state index in [2.05, 4.69) is 5.32 Å². The molecule has 0 spiro atoms. The molecule has 1 fully saturated rings. The van der Waals surface area contributed by atoms with Crippen molar-refractivity contribution in [2.75, 3.05) is 0 Å². The van der Waals surface area contributed by atoms with Gasteiger partial charge in [0, 0.05) is 23.7 Å². The number of aromatic nitrogens is 1. The number of hydrogen-bond acceptors (Lipinski definition) is 5. The first-order valence-electron chi connectivity index (χ1n) is 12.1.